The number of hydrogen-bond donors (Lipinski definition) is 1. The fourth-order valence-electron chi connectivity index (χ4n) is 3.28. The molecule has 3 rings (SSSR count). The molecule has 0 saturated carbocycles. The summed E-state index contributed by atoms with van der Waals surface area (Å²) < 4.78 is 1.87. The van der Waals surface area contributed by atoms with Crippen molar-refractivity contribution in [2.45, 2.75) is 51.8 Å². The fraction of sp³-hybridized carbons (Fsp3) is 0.688. The summed E-state index contributed by atoms with van der Waals surface area (Å²) in [6.07, 6.45) is 4.35. The first-order valence-electron chi connectivity index (χ1n) is 8.39. The van der Waals surface area contributed by atoms with Crippen LogP contribution in [-0.4, -0.2) is 56.1 Å². The number of aliphatic hydroxyl groups is 1. The van der Waals surface area contributed by atoms with Gasteiger partial charge in [0, 0.05) is 26.1 Å². The van der Waals surface area contributed by atoms with Gasteiger partial charge in [0.2, 0.25) is 11.8 Å². The Morgan fingerprint density at radius 1 is 1.17 bits per heavy atom. The molecule has 0 unspecified atom stereocenters. The second-order valence-electron chi connectivity index (χ2n) is 6.30. The molecular weight excluding hydrogens is 296 g/mol. The number of nitrogens with zero attached hydrogens (tertiary/aromatic N) is 4. The van der Waals surface area contributed by atoms with Crippen LogP contribution in [0, 0.1) is 0 Å². The van der Waals surface area contributed by atoms with Crippen molar-refractivity contribution in [3.63, 3.8) is 0 Å². The minimum absolute atomic E-state index is 0.000415. The molecule has 1 aromatic rings. The Balaban J connectivity index is 1.65. The molecule has 7 heteroatoms. The van der Waals surface area contributed by atoms with Crippen LogP contribution >= 0.6 is 0 Å². The van der Waals surface area contributed by atoms with Gasteiger partial charge in [-0.25, -0.2) is 0 Å². The SMILES string of the molecule is O=C1CCCCCN1CC(=O)N1CCCn2nc(CO)cc2C1. The lowest BCUT2D eigenvalue weighted by molar-refractivity contribution is -0.140. The summed E-state index contributed by atoms with van der Waals surface area (Å²) in [6.45, 7) is 2.70. The number of rotatable bonds is 3. The number of aromatic nitrogens is 2. The Kier molecular flexibility index (Phi) is 4.95. The standard InChI is InChI=1S/C16H24N4O3/c21-12-13-9-14-10-18(7-4-8-20(14)17-13)16(23)11-19-6-3-1-2-5-15(19)22/h9,21H,1-8,10-12H2. The van der Waals surface area contributed by atoms with Gasteiger partial charge < -0.3 is 14.9 Å². The molecule has 2 amide bonds. The third-order valence-electron chi connectivity index (χ3n) is 4.58. The van der Waals surface area contributed by atoms with E-state index in [2.05, 4.69) is 5.10 Å². The molecule has 0 atom stereocenters. The van der Waals surface area contributed by atoms with E-state index in [1.54, 1.807) is 9.80 Å². The first-order valence-corrected chi connectivity index (χ1v) is 8.39. The van der Waals surface area contributed by atoms with E-state index in [0.717, 1.165) is 37.9 Å². The van der Waals surface area contributed by atoms with Crippen LogP contribution in [0.3, 0.4) is 0 Å². The summed E-state index contributed by atoms with van der Waals surface area (Å²) in [7, 11) is 0. The summed E-state index contributed by atoms with van der Waals surface area (Å²) in [5.74, 6) is 0.0960. The van der Waals surface area contributed by atoms with Crippen molar-refractivity contribution in [1.82, 2.24) is 19.6 Å². The van der Waals surface area contributed by atoms with Crippen molar-refractivity contribution in [2.24, 2.45) is 0 Å². The van der Waals surface area contributed by atoms with E-state index >= 15 is 0 Å². The smallest absolute Gasteiger partial charge is 0.242 e. The van der Waals surface area contributed by atoms with Crippen LogP contribution in [0.25, 0.3) is 0 Å². The predicted molar refractivity (Wildman–Crippen MR) is 83.2 cm³/mol. The molecule has 1 fully saturated rings. The Morgan fingerprint density at radius 3 is 2.87 bits per heavy atom. The third-order valence-corrected chi connectivity index (χ3v) is 4.58. The minimum atomic E-state index is -0.0871. The molecule has 0 spiro atoms. The van der Waals surface area contributed by atoms with Gasteiger partial charge in [-0.15, -0.1) is 0 Å². The molecule has 0 aliphatic carbocycles. The van der Waals surface area contributed by atoms with Gasteiger partial charge in [0.1, 0.15) is 0 Å². The van der Waals surface area contributed by atoms with Gasteiger partial charge in [-0.05, 0) is 25.3 Å². The number of aryl methyl sites for hydroxylation is 1. The average Bonchev–Trinajstić information content (AvgIpc) is 2.69. The maximum atomic E-state index is 12.6. The summed E-state index contributed by atoms with van der Waals surface area (Å²) in [5.41, 5.74) is 1.58. The van der Waals surface area contributed by atoms with Gasteiger partial charge in [0.25, 0.3) is 0 Å². The number of fused-ring (bicyclic) bond motifs is 1. The molecule has 0 radical (unpaired) electrons. The molecule has 1 N–H and O–H groups in total. The zero-order valence-corrected chi connectivity index (χ0v) is 13.4. The van der Waals surface area contributed by atoms with Crippen LogP contribution in [0.15, 0.2) is 6.07 Å². The topological polar surface area (TPSA) is 78.7 Å². The molecule has 3 heterocycles. The maximum absolute atomic E-state index is 12.6. The van der Waals surface area contributed by atoms with Gasteiger partial charge >= 0.3 is 0 Å². The normalized spacial score (nSPS) is 19.3. The van der Waals surface area contributed by atoms with Crippen LogP contribution in [0.1, 0.15) is 43.5 Å². The summed E-state index contributed by atoms with van der Waals surface area (Å²) >= 11 is 0. The minimum Gasteiger partial charge on any atom is -0.390 e. The highest BCUT2D eigenvalue weighted by atomic mass is 16.3. The second-order valence-corrected chi connectivity index (χ2v) is 6.30. The molecule has 2 aliphatic rings. The second kappa shape index (κ2) is 7.12. The monoisotopic (exact) mass is 320 g/mol. The van der Waals surface area contributed by atoms with Gasteiger partial charge in [-0.1, -0.05) is 6.42 Å². The molecule has 0 bridgehead atoms. The van der Waals surface area contributed by atoms with Gasteiger partial charge in [-0.2, -0.15) is 5.10 Å². The molecule has 0 aromatic carbocycles. The van der Waals surface area contributed by atoms with Crippen molar-refractivity contribution in [2.75, 3.05) is 19.6 Å². The first-order chi connectivity index (χ1) is 11.2. The molecule has 2 aliphatic heterocycles. The average molecular weight is 320 g/mol. The molecule has 126 valence electrons. The van der Waals surface area contributed by atoms with E-state index in [-0.39, 0.29) is 25.0 Å². The largest absolute Gasteiger partial charge is 0.390 e. The number of hydrogen-bond acceptors (Lipinski definition) is 4. The van der Waals surface area contributed by atoms with Crippen LogP contribution in [0.2, 0.25) is 0 Å². The molecule has 7 nitrogen and oxygen atoms in total. The highest BCUT2D eigenvalue weighted by molar-refractivity contribution is 5.85. The van der Waals surface area contributed by atoms with Gasteiger partial charge in [-0.3, -0.25) is 14.3 Å². The quantitative estimate of drug-likeness (QED) is 0.880. The molecule has 23 heavy (non-hydrogen) atoms. The van der Waals surface area contributed by atoms with Crippen LogP contribution in [0.5, 0.6) is 0 Å². The van der Waals surface area contributed by atoms with E-state index in [4.69, 9.17) is 0 Å². The zero-order chi connectivity index (χ0) is 16.2. The van der Waals surface area contributed by atoms with E-state index in [0.29, 0.717) is 31.7 Å². The van der Waals surface area contributed by atoms with Crippen LogP contribution in [-0.2, 0) is 29.3 Å². The van der Waals surface area contributed by atoms with Crippen molar-refractivity contribution < 1.29 is 14.7 Å². The lowest BCUT2D eigenvalue weighted by atomic mass is 10.2. The summed E-state index contributed by atoms with van der Waals surface area (Å²) in [5, 5.41) is 13.5. The number of likely N-dealkylation sites (tertiary alicyclic amines) is 1. The Morgan fingerprint density at radius 2 is 2.04 bits per heavy atom. The van der Waals surface area contributed by atoms with Crippen molar-refractivity contribution in [1.29, 1.82) is 0 Å². The summed E-state index contributed by atoms with van der Waals surface area (Å²) in [6, 6.07) is 1.85. The lowest BCUT2D eigenvalue weighted by Gasteiger charge is -2.25. The van der Waals surface area contributed by atoms with E-state index in [1.165, 1.54) is 0 Å². The van der Waals surface area contributed by atoms with E-state index < -0.39 is 0 Å². The van der Waals surface area contributed by atoms with Crippen molar-refractivity contribution in [3.8, 4) is 0 Å². The number of carbonyl (C=O) groups excluding carboxylic acids is 2. The summed E-state index contributed by atoms with van der Waals surface area (Å²) in [4.78, 5) is 28.2. The fourth-order valence-corrected chi connectivity index (χ4v) is 3.28. The van der Waals surface area contributed by atoms with Gasteiger partial charge in [0.15, 0.2) is 0 Å². The highest BCUT2D eigenvalue weighted by Gasteiger charge is 2.25. The van der Waals surface area contributed by atoms with Gasteiger partial charge in [0.05, 0.1) is 31.1 Å². The number of carbonyl (C=O) groups is 2. The number of aliphatic hydroxyl groups excluding tert-OH is 1. The Hall–Kier alpha value is -1.89. The molecule has 1 aromatic heterocycles. The highest BCUT2D eigenvalue weighted by Crippen LogP contribution is 2.16. The molecule has 1 saturated heterocycles. The molecular formula is C16H24N4O3. The zero-order valence-electron chi connectivity index (χ0n) is 13.4. The van der Waals surface area contributed by atoms with E-state index in [9.17, 15) is 14.7 Å². The van der Waals surface area contributed by atoms with Crippen molar-refractivity contribution in [3.05, 3.63) is 17.5 Å². The Labute approximate surface area is 135 Å². The van der Waals surface area contributed by atoms with Crippen molar-refractivity contribution >= 4 is 11.8 Å². The van der Waals surface area contributed by atoms with Crippen LogP contribution in [0.4, 0.5) is 0 Å². The Bertz CT molecular complexity index is 584. The predicted octanol–water partition coefficient (Wildman–Crippen LogP) is 0.510. The lowest BCUT2D eigenvalue weighted by Crippen LogP contribution is -2.42. The van der Waals surface area contributed by atoms with Crippen LogP contribution < -0.4 is 0 Å². The number of amides is 2. The first kappa shape index (κ1) is 16.0. The van der Waals surface area contributed by atoms with E-state index in [1.807, 2.05) is 10.7 Å². The third kappa shape index (κ3) is 3.72. The maximum Gasteiger partial charge on any atom is 0.242 e.